The molecule has 0 atom stereocenters. The summed E-state index contributed by atoms with van der Waals surface area (Å²) in [6, 6.07) is 0. The van der Waals surface area contributed by atoms with Gasteiger partial charge in [-0.05, 0) is 13.8 Å². The molecule has 0 aromatic heterocycles. The molecule has 0 fully saturated rings. The van der Waals surface area contributed by atoms with Gasteiger partial charge in [-0.25, -0.2) is 9.59 Å². The Bertz CT molecular complexity index is 323. The zero-order valence-electron chi connectivity index (χ0n) is 11.7. The van der Waals surface area contributed by atoms with Crippen LogP contribution in [0.4, 0.5) is 0 Å². The minimum absolute atomic E-state index is 0.111. The average molecular weight is 284 g/mol. The lowest BCUT2D eigenvalue weighted by molar-refractivity contribution is -0.141. The van der Waals surface area contributed by atoms with Crippen LogP contribution in [0, 0.1) is 0 Å². The molecule has 0 spiro atoms. The SMILES string of the molecule is C/C=C\OCCOC(=O)/C=C\C(=O)OCCO/C=C\C. The first-order chi connectivity index (χ1) is 9.70. The number of allylic oxidation sites excluding steroid dienone is 2. The molecule has 0 aromatic carbocycles. The fraction of sp³-hybridized carbons (Fsp3) is 0.429. The van der Waals surface area contributed by atoms with Gasteiger partial charge in [-0.15, -0.1) is 0 Å². The molecule has 6 nitrogen and oxygen atoms in total. The highest BCUT2D eigenvalue weighted by molar-refractivity contribution is 5.91. The number of carbonyl (C=O) groups is 2. The van der Waals surface area contributed by atoms with Crippen molar-refractivity contribution in [3.63, 3.8) is 0 Å². The Kier molecular flexibility index (Phi) is 11.7. The summed E-state index contributed by atoms with van der Waals surface area (Å²) in [5, 5.41) is 0. The first-order valence-electron chi connectivity index (χ1n) is 6.17. The lowest BCUT2D eigenvalue weighted by Crippen LogP contribution is -2.09. The van der Waals surface area contributed by atoms with Crippen LogP contribution in [0.15, 0.2) is 36.8 Å². The zero-order chi connectivity index (χ0) is 15.1. The van der Waals surface area contributed by atoms with Gasteiger partial charge in [0, 0.05) is 12.2 Å². The van der Waals surface area contributed by atoms with E-state index in [9.17, 15) is 9.59 Å². The second-order valence-corrected chi connectivity index (χ2v) is 3.35. The maximum absolute atomic E-state index is 11.2. The average Bonchev–Trinajstić information content (AvgIpc) is 2.44. The first-order valence-corrected chi connectivity index (χ1v) is 6.17. The van der Waals surface area contributed by atoms with E-state index < -0.39 is 11.9 Å². The van der Waals surface area contributed by atoms with Gasteiger partial charge in [-0.1, -0.05) is 12.2 Å². The number of ether oxygens (including phenoxy) is 4. The minimum Gasteiger partial charge on any atom is -0.498 e. The number of hydrogen-bond acceptors (Lipinski definition) is 6. The standard InChI is InChI=1S/C14H20O6/c1-3-7-17-9-11-19-13(15)5-6-14(16)20-12-10-18-8-4-2/h3-8H,9-12H2,1-2H3/b6-5-,7-3-,8-4-. The molecular weight excluding hydrogens is 264 g/mol. The highest BCUT2D eigenvalue weighted by Crippen LogP contribution is 1.88. The van der Waals surface area contributed by atoms with E-state index >= 15 is 0 Å². The molecule has 0 unspecified atom stereocenters. The van der Waals surface area contributed by atoms with E-state index in [2.05, 4.69) is 0 Å². The van der Waals surface area contributed by atoms with Crippen molar-refractivity contribution in [2.75, 3.05) is 26.4 Å². The van der Waals surface area contributed by atoms with Crippen molar-refractivity contribution in [3.05, 3.63) is 36.8 Å². The molecule has 0 N–H and O–H groups in total. The molecule has 20 heavy (non-hydrogen) atoms. The van der Waals surface area contributed by atoms with Gasteiger partial charge in [0.2, 0.25) is 0 Å². The normalized spacial score (nSPS) is 11.1. The number of rotatable bonds is 10. The Morgan fingerprint density at radius 1 is 0.750 bits per heavy atom. The van der Waals surface area contributed by atoms with Crippen LogP contribution in [-0.4, -0.2) is 38.4 Å². The van der Waals surface area contributed by atoms with Crippen molar-refractivity contribution < 1.29 is 28.5 Å². The smallest absolute Gasteiger partial charge is 0.331 e. The summed E-state index contributed by atoms with van der Waals surface area (Å²) in [6.45, 7) is 4.36. The van der Waals surface area contributed by atoms with E-state index in [0.717, 1.165) is 12.2 Å². The Morgan fingerprint density at radius 2 is 1.15 bits per heavy atom. The van der Waals surface area contributed by atoms with Crippen molar-refractivity contribution >= 4 is 11.9 Å². The molecule has 0 aliphatic heterocycles. The molecule has 6 heteroatoms. The summed E-state index contributed by atoms with van der Waals surface area (Å²) in [4.78, 5) is 22.3. The second-order valence-electron chi connectivity index (χ2n) is 3.35. The van der Waals surface area contributed by atoms with Gasteiger partial charge in [0.25, 0.3) is 0 Å². The number of carbonyl (C=O) groups excluding carboxylic acids is 2. The third kappa shape index (κ3) is 12.2. The second kappa shape index (κ2) is 13.2. The van der Waals surface area contributed by atoms with Crippen LogP contribution >= 0.6 is 0 Å². The molecule has 0 radical (unpaired) electrons. The summed E-state index contributed by atoms with van der Waals surface area (Å²) in [5.41, 5.74) is 0. The van der Waals surface area contributed by atoms with Crippen LogP contribution in [-0.2, 0) is 28.5 Å². The predicted octanol–water partition coefficient (Wildman–Crippen LogP) is 1.73. The molecule has 0 aliphatic rings. The molecule has 0 rings (SSSR count). The summed E-state index contributed by atoms with van der Waals surface area (Å²) in [7, 11) is 0. The third-order valence-electron chi connectivity index (χ3n) is 1.71. The maximum Gasteiger partial charge on any atom is 0.331 e. The van der Waals surface area contributed by atoms with E-state index in [4.69, 9.17) is 18.9 Å². The summed E-state index contributed by atoms with van der Waals surface area (Å²) in [5.74, 6) is -1.26. The van der Waals surface area contributed by atoms with Crippen molar-refractivity contribution in [1.29, 1.82) is 0 Å². The van der Waals surface area contributed by atoms with Crippen molar-refractivity contribution in [3.8, 4) is 0 Å². The molecule has 0 aromatic rings. The van der Waals surface area contributed by atoms with Gasteiger partial charge in [0.05, 0.1) is 12.5 Å². The monoisotopic (exact) mass is 284 g/mol. The Morgan fingerprint density at radius 3 is 1.50 bits per heavy atom. The maximum atomic E-state index is 11.2. The van der Waals surface area contributed by atoms with Crippen LogP contribution < -0.4 is 0 Å². The molecule has 112 valence electrons. The first kappa shape index (κ1) is 17.8. The summed E-state index contributed by atoms with van der Waals surface area (Å²) in [6.07, 6.45) is 8.44. The van der Waals surface area contributed by atoms with E-state index in [-0.39, 0.29) is 26.4 Å². The molecule has 0 saturated heterocycles. The zero-order valence-corrected chi connectivity index (χ0v) is 11.7. The number of hydrogen-bond donors (Lipinski definition) is 0. The molecular formula is C14H20O6. The highest BCUT2D eigenvalue weighted by Gasteiger charge is 2.00. The van der Waals surface area contributed by atoms with Crippen LogP contribution in [0.3, 0.4) is 0 Å². The topological polar surface area (TPSA) is 71.1 Å². The Hall–Kier alpha value is -2.24. The van der Waals surface area contributed by atoms with E-state index in [1.807, 2.05) is 13.8 Å². The van der Waals surface area contributed by atoms with E-state index in [1.165, 1.54) is 12.5 Å². The van der Waals surface area contributed by atoms with Crippen LogP contribution in [0.2, 0.25) is 0 Å². The fourth-order valence-corrected chi connectivity index (χ4v) is 0.942. The van der Waals surface area contributed by atoms with Crippen molar-refractivity contribution in [2.24, 2.45) is 0 Å². The fourth-order valence-electron chi connectivity index (χ4n) is 0.942. The van der Waals surface area contributed by atoms with Gasteiger partial charge in [-0.3, -0.25) is 0 Å². The van der Waals surface area contributed by atoms with Crippen LogP contribution in [0.1, 0.15) is 13.8 Å². The van der Waals surface area contributed by atoms with E-state index in [0.29, 0.717) is 0 Å². The minimum atomic E-state index is -0.629. The third-order valence-corrected chi connectivity index (χ3v) is 1.71. The van der Waals surface area contributed by atoms with Gasteiger partial charge in [-0.2, -0.15) is 0 Å². The summed E-state index contributed by atoms with van der Waals surface area (Å²) >= 11 is 0. The Labute approximate surface area is 118 Å². The van der Waals surface area contributed by atoms with Gasteiger partial charge in [0.1, 0.15) is 26.4 Å². The van der Waals surface area contributed by atoms with Crippen molar-refractivity contribution in [1.82, 2.24) is 0 Å². The van der Waals surface area contributed by atoms with Gasteiger partial charge >= 0.3 is 11.9 Å². The van der Waals surface area contributed by atoms with Crippen LogP contribution in [0.25, 0.3) is 0 Å². The molecule has 0 aliphatic carbocycles. The molecule has 0 amide bonds. The predicted molar refractivity (Wildman–Crippen MR) is 72.6 cm³/mol. The quantitative estimate of drug-likeness (QED) is 0.263. The lowest BCUT2D eigenvalue weighted by atomic mass is 10.5. The number of esters is 2. The van der Waals surface area contributed by atoms with E-state index in [1.54, 1.807) is 12.2 Å². The molecule has 0 saturated carbocycles. The summed E-state index contributed by atoms with van der Waals surface area (Å²) < 4.78 is 19.4. The molecule has 0 bridgehead atoms. The lowest BCUT2D eigenvalue weighted by Gasteiger charge is -2.02. The van der Waals surface area contributed by atoms with Gasteiger partial charge in [0.15, 0.2) is 0 Å². The largest absolute Gasteiger partial charge is 0.498 e. The van der Waals surface area contributed by atoms with Gasteiger partial charge < -0.3 is 18.9 Å². The molecule has 0 heterocycles. The van der Waals surface area contributed by atoms with Crippen LogP contribution in [0.5, 0.6) is 0 Å². The Balaban J connectivity index is 3.64. The van der Waals surface area contributed by atoms with Crippen molar-refractivity contribution in [2.45, 2.75) is 13.8 Å². The highest BCUT2D eigenvalue weighted by atomic mass is 16.6.